The van der Waals surface area contributed by atoms with Crippen molar-refractivity contribution < 1.29 is 4.74 Å². The predicted octanol–water partition coefficient (Wildman–Crippen LogP) is 3.63. The van der Waals surface area contributed by atoms with Crippen molar-refractivity contribution in [2.45, 2.75) is 46.8 Å². The van der Waals surface area contributed by atoms with E-state index in [0.717, 1.165) is 29.0 Å². The van der Waals surface area contributed by atoms with E-state index in [1.54, 1.807) is 0 Å². The number of aromatic nitrogens is 2. The van der Waals surface area contributed by atoms with Gasteiger partial charge in [-0.25, -0.2) is 0 Å². The molecular weight excluding hydrogens is 250 g/mol. The van der Waals surface area contributed by atoms with E-state index < -0.39 is 0 Å². The molecule has 0 fully saturated rings. The zero-order valence-electron chi connectivity index (χ0n) is 12.7. The minimum atomic E-state index is 0.412. The van der Waals surface area contributed by atoms with Gasteiger partial charge in [0.2, 0.25) is 0 Å². The lowest BCUT2D eigenvalue weighted by Crippen LogP contribution is -2.06. The monoisotopic (exact) mass is 273 g/mol. The number of hydrogen-bond donors (Lipinski definition) is 1. The van der Waals surface area contributed by atoms with E-state index in [0.29, 0.717) is 18.3 Å². The van der Waals surface area contributed by atoms with Crippen molar-refractivity contribution in [3.05, 3.63) is 41.2 Å². The van der Waals surface area contributed by atoms with Gasteiger partial charge in [0.1, 0.15) is 12.4 Å². The minimum Gasteiger partial charge on any atom is -0.485 e. The van der Waals surface area contributed by atoms with Crippen LogP contribution in [-0.2, 0) is 6.61 Å². The summed E-state index contributed by atoms with van der Waals surface area (Å²) in [6.45, 7) is 8.79. The number of nitrogen functional groups attached to an aromatic ring is 1. The first-order valence-corrected chi connectivity index (χ1v) is 7.04. The average molecular weight is 273 g/mol. The normalized spacial score (nSPS) is 12.4. The second-order valence-corrected chi connectivity index (χ2v) is 5.33. The second-order valence-electron chi connectivity index (χ2n) is 5.33. The summed E-state index contributed by atoms with van der Waals surface area (Å²) >= 11 is 0. The van der Waals surface area contributed by atoms with Crippen LogP contribution in [0.3, 0.4) is 0 Å². The summed E-state index contributed by atoms with van der Waals surface area (Å²) in [6, 6.07) is 6.41. The third-order valence-corrected chi connectivity index (χ3v) is 3.52. The molecule has 0 spiro atoms. The average Bonchev–Trinajstić information content (AvgIpc) is 2.85. The highest BCUT2D eigenvalue weighted by Gasteiger charge is 2.08. The zero-order valence-corrected chi connectivity index (χ0v) is 12.7. The molecule has 4 nitrogen and oxygen atoms in total. The number of nitrogens with zero attached hydrogens (tertiary/aromatic N) is 2. The maximum Gasteiger partial charge on any atom is 0.145 e. The minimum absolute atomic E-state index is 0.412. The molecule has 0 bridgehead atoms. The molecule has 0 radical (unpaired) electrons. The Hall–Kier alpha value is -1.97. The maximum atomic E-state index is 6.01. The van der Waals surface area contributed by atoms with Gasteiger partial charge < -0.3 is 10.5 Å². The summed E-state index contributed by atoms with van der Waals surface area (Å²) < 4.78 is 7.81. The van der Waals surface area contributed by atoms with Gasteiger partial charge in [-0.1, -0.05) is 13.0 Å². The van der Waals surface area contributed by atoms with Crippen LogP contribution in [0.15, 0.2) is 24.4 Å². The fourth-order valence-electron chi connectivity index (χ4n) is 2.22. The standard InChI is InChI=1S/C16H23N3O/c1-5-13(4)19-7-6-14(18-19)10-20-16-12(3)8-11(2)9-15(16)17/h6-9,13H,5,10,17H2,1-4H3. The van der Waals surface area contributed by atoms with Crippen LogP contribution in [0.2, 0.25) is 0 Å². The summed E-state index contributed by atoms with van der Waals surface area (Å²) in [5, 5.41) is 4.52. The van der Waals surface area contributed by atoms with Crippen LogP contribution < -0.4 is 10.5 Å². The van der Waals surface area contributed by atoms with Crippen molar-refractivity contribution in [2.24, 2.45) is 0 Å². The summed E-state index contributed by atoms with van der Waals surface area (Å²) in [7, 11) is 0. The number of ether oxygens (including phenoxy) is 1. The molecule has 0 saturated heterocycles. The predicted molar refractivity (Wildman–Crippen MR) is 81.9 cm³/mol. The molecular formula is C16H23N3O. The molecule has 0 aliphatic carbocycles. The molecule has 2 N–H and O–H groups in total. The van der Waals surface area contributed by atoms with Gasteiger partial charge in [-0.2, -0.15) is 5.10 Å². The molecule has 2 rings (SSSR count). The van der Waals surface area contributed by atoms with E-state index in [-0.39, 0.29) is 0 Å². The Labute approximate surface area is 120 Å². The van der Waals surface area contributed by atoms with Crippen molar-refractivity contribution in [3.8, 4) is 5.75 Å². The summed E-state index contributed by atoms with van der Waals surface area (Å²) in [4.78, 5) is 0. The molecule has 0 aliphatic heterocycles. The lowest BCUT2D eigenvalue weighted by Gasteiger charge is -2.12. The van der Waals surface area contributed by atoms with Gasteiger partial charge in [0, 0.05) is 12.2 Å². The van der Waals surface area contributed by atoms with Crippen LogP contribution >= 0.6 is 0 Å². The van der Waals surface area contributed by atoms with Crippen LogP contribution in [0.4, 0.5) is 5.69 Å². The number of aryl methyl sites for hydroxylation is 2. The third-order valence-electron chi connectivity index (χ3n) is 3.52. The summed E-state index contributed by atoms with van der Waals surface area (Å²) in [6.07, 6.45) is 3.06. The molecule has 2 aromatic rings. The quantitative estimate of drug-likeness (QED) is 0.846. The van der Waals surface area contributed by atoms with E-state index in [4.69, 9.17) is 10.5 Å². The van der Waals surface area contributed by atoms with Gasteiger partial charge in [-0.3, -0.25) is 4.68 Å². The topological polar surface area (TPSA) is 53.1 Å². The van der Waals surface area contributed by atoms with E-state index in [1.807, 2.05) is 36.9 Å². The van der Waals surface area contributed by atoms with Crippen molar-refractivity contribution in [1.29, 1.82) is 0 Å². The van der Waals surface area contributed by atoms with Gasteiger partial charge in [-0.15, -0.1) is 0 Å². The molecule has 20 heavy (non-hydrogen) atoms. The fourth-order valence-corrected chi connectivity index (χ4v) is 2.22. The van der Waals surface area contributed by atoms with Crippen molar-refractivity contribution in [3.63, 3.8) is 0 Å². The number of hydrogen-bond acceptors (Lipinski definition) is 3. The van der Waals surface area contributed by atoms with Crippen LogP contribution in [0.1, 0.15) is 43.1 Å². The maximum absolute atomic E-state index is 6.01. The second kappa shape index (κ2) is 5.99. The number of benzene rings is 1. The Morgan fingerprint density at radius 3 is 2.75 bits per heavy atom. The van der Waals surface area contributed by atoms with E-state index >= 15 is 0 Å². The highest BCUT2D eigenvalue weighted by Crippen LogP contribution is 2.28. The number of nitrogens with two attached hydrogens (primary N) is 1. The molecule has 0 saturated carbocycles. The molecule has 1 unspecified atom stereocenters. The largest absolute Gasteiger partial charge is 0.485 e. The van der Waals surface area contributed by atoms with Gasteiger partial charge in [0.25, 0.3) is 0 Å². The Bertz CT molecular complexity index is 566. The van der Waals surface area contributed by atoms with Gasteiger partial charge in [-0.05, 0) is 50.5 Å². The Morgan fingerprint density at radius 1 is 1.35 bits per heavy atom. The van der Waals surface area contributed by atoms with E-state index in [2.05, 4.69) is 25.0 Å². The molecule has 1 aromatic carbocycles. The molecule has 0 aliphatic rings. The smallest absolute Gasteiger partial charge is 0.145 e. The SMILES string of the molecule is CCC(C)n1ccc(COc2c(C)cc(C)cc2N)n1. The van der Waals surface area contributed by atoms with E-state index in [9.17, 15) is 0 Å². The van der Waals surface area contributed by atoms with E-state index in [1.165, 1.54) is 0 Å². The van der Waals surface area contributed by atoms with Crippen molar-refractivity contribution >= 4 is 5.69 Å². The fraction of sp³-hybridized carbons (Fsp3) is 0.438. The highest BCUT2D eigenvalue weighted by molar-refractivity contribution is 5.58. The summed E-state index contributed by atoms with van der Waals surface area (Å²) in [5.74, 6) is 0.758. The molecule has 1 aromatic heterocycles. The molecule has 1 atom stereocenters. The first-order chi connectivity index (χ1) is 9.51. The first-order valence-electron chi connectivity index (χ1n) is 7.04. The molecule has 4 heteroatoms. The number of anilines is 1. The molecule has 1 heterocycles. The molecule has 0 amide bonds. The Balaban J connectivity index is 2.07. The summed E-state index contributed by atoms with van der Waals surface area (Å²) in [5.41, 5.74) is 9.82. The van der Waals surface area contributed by atoms with Crippen molar-refractivity contribution in [2.75, 3.05) is 5.73 Å². The van der Waals surface area contributed by atoms with Gasteiger partial charge >= 0.3 is 0 Å². The lowest BCUT2D eigenvalue weighted by atomic mass is 10.1. The Kier molecular flexibility index (Phi) is 4.32. The van der Waals surface area contributed by atoms with Crippen LogP contribution in [0.25, 0.3) is 0 Å². The van der Waals surface area contributed by atoms with Crippen LogP contribution in [0, 0.1) is 13.8 Å². The van der Waals surface area contributed by atoms with Gasteiger partial charge in [0.15, 0.2) is 0 Å². The van der Waals surface area contributed by atoms with Crippen LogP contribution in [0.5, 0.6) is 5.75 Å². The van der Waals surface area contributed by atoms with Crippen LogP contribution in [-0.4, -0.2) is 9.78 Å². The molecule has 108 valence electrons. The highest BCUT2D eigenvalue weighted by atomic mass is 16.5. The first kappa shape index (κ1) is 14.4. The van der Waals surface area contributed by atoms with Crippen molar-refractivity contribution in [1.82, 2.24) is 9.78 Å². The third kappa shape index (κ3) is 3.13. The lowest BCUT2D eigenvalue weighted by molar-refractivity contribution is 0.298. The van der Waals surface area contributed by atoms with Gasteiger partial charge in [0.05, 0.1) is 11.4 Å². The Morgan fingerprint density at radius 2 is 2.10 bits per heavy atom. The number of rotatable bonds is 5. The zero-order chi connectivity index (χ0) is 14.7.